The third-order valence-electron chi connectivity index (χ3n) is 3.77. The number of hydrogen-bond donors (Lipinski definition) is 3. The number of ketones is 1. The molecule has 8 heteroatoms. The van der Waals surface area contributed by atoms with Crippen molar-refractivity contribution in [2.45, 2.75) is 0 Å². The maximum atomic E-state index is 12.3. The number of amides is 1. The van der Waals surface area contributed by atoms with Gasteiger partial charge in [0.2, 0.25) is 5.95 Å². The summed E-state index contributed by atoms with van der Waals surface area (Å²) in [6.45, 7) is 0. The Morgan fingerprint density at radius 1 is 1.00 bits per heavy atom. The molecule has 3 aromatic heterocycles. The Hall–Kier alpha value is -3.94. The molecule has 1 amide bonds. The van der Waals surface area contributed by atoms with Gasteiger partial charge in [-0.25, -0.2) is 0 Å². The highest BCUT2D eigenvalue weighted by molar-refractivity contribution is 6.10. The fourth-order valence-electron chi connectivity index (χ4n) is 2.42. The normalized spacial score (nSPS) is 10.6. The third-order valence-corrected chi connectivity index (χ3v) is 3.77. The highest BCUT2D eigenvalue weighted by Crippen LogP contribution is 2.16. The molecule has 8 nitrogen and oxygen atoms in total. The lowest BCUT2D eigenvalue weighted by Crippen LogP contribution is -2.13. The van der Waals surface area contributed by atoms with Crippen molar-refractivity contribution in [3.05, 3.63) is 78.0 Å². The summed E-state index contributed by atoms with van der Waals surface area (Å²) in [6, 6.07) is 9.81. The molecular weight excluding hydrogens is 334 g/mol. The van der Waals surface area contributed by atoms with E-state index in [2.05, 4.69) is 25.5 Å². The molecule has 0 aliphatic rings. The first kappa shape index (κ1) is 15.6. The first-order chi connectivity index (χ1) is 12.7. The molecule has 3 heterocycles. The first-order valence-corrected chi connectivity index (χ1v) is 7.74. The van der Waals surface area contributed by atoms with Crippen LogP contribution in [0.2, 0.25) is 0 Å². The van der Waals surface area contributed by atoms with Crippen molar-refractivity contribution in [2.24, 2.45) is 0 Å². The fourth-order valence-corrected chi connectivity index (χ4v) is 2.42. The second-order valence-corrected chi connectivity index (χ2v) is 5.48. The van der Waals surface area contributed by atoms with Crippen LogP contribution in [0, 0.1) is 0 Å². The van der Waals surface area contributed by atoms with Gasteiger partial charge in [0, 0.05) is 29.1 Å². The minimum absolute atomic E-state index is 0.114. The highest BCUT2D eigenvalue weighted by atomic mass is 16.3. The van der Waals surface area contributed by atoms with Gasteiger partial charge in [0.1, 0.15) is 6.26 Å². The summed E-state index contributed by atoms with van der Waals surface area (Å²) in [6.07, 6.45) is 6.35. The minimum Gasteiger partial charge on any atom is -0.472 e. The van der Waals surface area contributed by atoms with E-state index < -0.39 is 0 Å². The number of H-pyrrole nitrogens is 2. The predicted octanol–water partition coefficient (Wildman–Crippen LogP) is 2.88. The molecule has 128 valence electrons. The van der Waals surface area contributed by atoms with Crippen molar-refractivity contribution in [1.29, 1.82) is 0 Å². The molecule has 4 aromatic rings. The van der Waals surface area contributed by atoms with E-state index in [0.717, 1.165) is 5.56 Å². The van der Waals surface area contributed by atoms with E-state index in [1.807, 2.05) is 0 Å². The van der Waals surface area contributed by atoms with Gasteiger partial charge in [0.25, 0.3) is 5.91 Å². The number of carbonyl (C=O) groups excluding carboxylic acids is 2. The quantitative estimate of drug-likeness (QED) is 0.480. The van der Waals surface area contributed by atoms with Gasteiger partial charge in [-0.1, -0.05) is 12.1 Å². The predicted molar refractivity (Wildman–Crippen MR) is 92.7 cm³/mol. The summed E-state index contributed by atoms with van der Waals surface area (Å²) in [5, 5.41) is 9.27. The molecule has 0 unspecified atom stereocenters. The van der Waals surface area contributed by atoms with Gasteiger partial charge >= 0.3 is 0 Å². The monoisotopic (exact) mass is 347 g/mol. The second-order valence-electron chi connectivity index (χ2n) is 5.48. The van der Waals surface area contributed by atoms with Crippen LogP contribution in [0.1, 0.15) is 26.3 Å². The van der Waals surface area contributed by atoms with Crippen LogP contribution in [0.5, 0.6) is 0 Å². The van der Waals surface area contributed by atoms with Gasteiger partial charge in [0.05, 0.1) is 11.8 Å². The number of carbonyl (C=O) groups is 2. The van der Waals surface area contributed by atoms with E-state index in [1.54, 1.807) is 48.8 Å². The minimum atomic E-state index is -0.372. The van der Waals surface area contributed by atoms with Gasteiger partial charge in [0.15, 0.2) is 11.6 Å². The maximum Gasteiger partial charge on any atom is 0.258 e. The molecule has 0 aliphatic carbocycles. The van der Waals surface area contributed by atoms with Gasteiger partial charge in [-0.2, -0.15) is 4.98 Å². The molecule has 0 fully saturated rings. The van der Waals surface area contributed by atoms with Crippen molar-refractivity contribution < 1.29 is 14.0 Å². The highest BCUT2D eigenvalue weighted by Gasteiger charge is 2.13. The zero-order chi connectivity index (χ0) is 17.9. The van der Waals surface area contributed by atoms with Crippen molar-refractivity contribution in [1.82, 2.24) is 20.2 Å². The van der Waals surface area contributed by atoms with Gasteiger partial charge in [-0.3, -0.25) is 20.0 Å². The summed E-state index contributed by atoms with van der Waals surface area (Å²) in [5.41, 5.74) is 2.19. The number of benzene rings is 1. The Morgan fingerprint density at radius 2 is 1.81 bits per heavy atom. The first-order valence-electron chi connectivity index (χ1n) is 7.74. The molecule has 0 atom stereocenters. The average molecular weight is 347 g/mol. The molecule has 4 rings (SSSR count). The smallest absolute Gasteiger partial charge is 0.258 e. The number of hydrogen-bond acceptors (Lipinski definition) is 5. The van der Waals surface area contributed by atoms with Crippen molar-refractivity contribution in [3.8, 4) is 11.4 Å². The number of rotatable bonds is 5. The summed E-state index contributed by atoms with van der Waals surface area (Å²) in [4.78, 5) is 31.6. The fraction of sp³-hybridized carbons (Fsp3) is 0. The Bertz CT molecular complexity index is 1030. The van der Waals surface area contributed by atoms with Crippen LogP contribution < -0.4 is 5.32 Å². The van der Waals surface area contributed by atoms with E-state index in [0.29, 0.717) is 22.5 Å². The molecule has 0 aliphatic heterocycles. The lowest BCUT2D eigenvalue weighted by molar-refractivity contribution is 0.101. The van der Waals surface area contributed by atoms with Crippen molar-refractivity contribution >= 4 is 17.6 Å². The summed E-state index contributed by atoms with van der Waals surface area (Å²) in [5.74, 6) is 0.153. The zero-order valence-corrected chi connectivity index (χ0v) is 13.4. The lowest BCUT2D eigenvalue weighted by atomic mass is 10.0. The summed E-state index contributed by atoms with van der Waals surface area (Å²) < 4.78 is 4.98. The number of anilines is 1. The topological polar surface area (TPSA) is 117 Å². The van der Waals surface area contributed by atoms with Crippen LogP contribution in [0.4, 0.5) is 5.95 Å². The molecule has 3 N–H and O–H groups in total. The van der Waals surface area contributed by atoms with Crippen molar-refractivity contribution in [3.63, 3.8) is 0 Å². The molecule has 1 aromatic carbocycles. The number of nitrogens with zero attached hydrogens (tertiary/aromatic N) is 2. The Morgan fingerprint density at radius 3 is 2.50 bits per heavy atom. The second kappa shape index (κ2) is 6.52. The largest absolute Gasteiger partial charge is 0.472 e. The molecule has 26 heavy (non-hydrogen) atoms. The zero-order valence-electron chi connectivity index (χ0n) is 13.4. The van der Waals surface area contributed by atoms with E-state index in [-0.39, 0.29) is 17.6 Å². The number of furan rings is 1. The van der Waals surface area contributed by atoms with Gasteiger partial charge in [-0.05, 0) is 24.3 Å². The number of nitrogens with one attached hydrogen (secondary N) is 3. The van der Waals surface area contributed by atoms with Crippen molar-refractivity contribution in [2.75, 3.05) is 5.32 Å². The molecule has 0 saturated heterocycles. The van der Waals surface area contributed by atoms with E-state index in [9.17, 15) is 9.59 Å². The Labute approximate surface area is 147 Å². The van der Waals surface area contributed by atoms with E-state index >= 15 is 0 Å². The molecular formula is C18H13N5O3. The van der Waals surface area contributed by atoms with Crippen LogP contribution in [-0.2, 0) is 0 Å². The Kier molecular flexibility index (Phi) is 3.91. The molecule has 0 radical (unpaired) electrons. The number of aromatic nitrogens is 4. The van der Waals surface area contributed by atoms with Gasteiger partial charge in [-0.15, -0.1) is 5.10 Å². The van der Waals surface area contributed by atoms with Gasteiger partial charge < -0.3 is 9.40 Å². The molecule has 0 bridgehead atoms. The summed E-state index contributed by atoms with van der Waals surface area (Å²) >= 11 is 0. The van der Waals surface area contributed by atoms with Crippen LogP contribution >= 0.6 is 0 Å². The maximum absolute atomic E-state index is 12.3. The average Bonchev–Trinajstić information content (AvgIpc) is 3.42. The molecule has 0 spiro atoms. The SMILES string of the molecule is O=C(Nc1n[nH]c(-c2ccoc2)n1)c1ccc(C(=O)c2cc[nH]c2)cc1. The standard InChI is InChI=1S/C18H13N5O3/c24-15(13-5-7-19-9-13)11-1-3-12(4-2-11)17(25)21-18-20-16(22-23-18)14-6-8-26-10-14/h1-10,19H,(H2,20,21,22,23,25). The Balaban J connectivity index is 1.46. The van der Waals surface area contributed by atoms with E-state index in [1.165, 1.54) is 12.5 Å². The third kappa shape index (κ3) is 3.03. The number of aromatic amines is 2. The van der Waals surface area contributed by atoms with E-state index in [4.69, 9.17) is 4.42 Å². The van der Waals surface area contributed by atoms with Crippen LogP contribution in [0.25, 0.3) is 11.4 Å². The van der Waals surface area contributed by atoms with Crippen LogP contribution in [0.15, 0.2) is 65.7 Å². The summed E-state index contributed by atoms with van der Waals surface area (Å²) in [7, 11) is 0. The van der Waals surface area contributed by atoms with Crippen LogP contribution in [0.3, 0.4) is 0 Å². The van der Waals surface area contributed by atoms with Crippen LogP contribution in [-0.4, -0.2) is 31.9 Å². The lowest BCUT2D eigenvalue weighted by Gasteiger charge is -2.03. The molecule has 0 saturated carbocycles.